The molecule has 1 N–H and O–H groups in total. The Labute approximate surface area is 195 Å². The predicted octanol–water partition coefficient (Wildman–Crippen LogP) is 5.76. The molecule has 5 rings (SSSR count). The summed E-state index contributed by atoms with van der Waals surface area (Å²) < 4.78 is 0. The van der Waals surface area contributed by atoms with Crippen LogP contribution < -0.4 is 5.32 Å². The Morgan fingerprint density at radius 2 is 1.30 bits per heavy atom. The van der Waals surface area contributed by atoms with E-state index in [0.29, 0.717) is 5.56 Å². The van der Waals surface area contributed by atoms with Crippen LogP contribution in [0.25, 0.3) is 0 Å². The van der Waals surface area contributed by atoms with Gasteiger partial charge in [-0.15, -0.1) is 0 Å². The summed E-state index contributed by atoms with van der Waals surface area (Å²) in [7, 11) is 0. The average molecular weight is 433 g/mol. The van der Waals surface area contributed by atoms with Crippen LogP contribution >= 0.6 is 0 Å². The first-order chi connectivity index (χ1) is 16.3. The van der Waals surface area contributed by atoms with E-state index in [2.05, 4.69) is 70.9 Å². The Bertz CT molecular complexity index is 1160. The van der Waals surface area contributed by atoms with Crippen molar-refractivity contribution in [2.45, 2.75) is 25.6 Å². The third-order valence-electron chi connectivity index (χ3n) is 6.37. The Morgan fingerprint density at radius 1 is 0.727 bits per heavy atom. The maximum absolute atomic E-state index is 13.1. The molecule has 0 radical (unpaired) electrons. The fraction of sp³-hybridized carbons (Fsp3) is 0.167. The third kappa shape index (κ3) is 5.05. The molecular formula is C30H28N2O. The van der Waals surface area contributed by atoms with Gasteiger partial charge in [0.2, 0.25) is 0 Å². The van der Waals surface area contributed by atoms with E-state index >= 15 is 0 Å². The van der Waals surface area contributed by atoms with Crippen molar-refractivity contribution in [3.63, 3.8) is 0 Å². The van der Waals surface area contributed by atoms with Gasteiger partial charge in [-0.2, -0.15) is 0 Å². The average Bonchev–Trinajstić information content (AvgIpc) is 2.88. The summed E-state index contributed by atoms with van der Waals surface area (Å²) in [6.07, 6.45) is 1.09. The summed E-state index contributed by atoms with van der Waals surface area (Å²) in [6.45, 7) is 2.94. The van der Waals surface area contributed by atoms with E-state index in [1.807, 2.05) is 48.5 Å². The smallest absolute Gasteiger partial charge is 0.252 e. The molecule has 33 heavy (non-hydrogen) atoms. The molecule has 0 unspecified atom stereocenters. The number of fused-ring (bicyclic) bond motifs is 1. The molecule has 164 valence electrons. The van der Waals surface area contributed by atoms with Gasteiger partial charge in [0, 0.05) is 25.2 Å². The minimum absolute atomic E-state index is 0.0637. The van der Waals surface area contributed by atoms with Crippen LogP contribution in [0, 0.1) is 0 Å². The lowest BCUT2D eigenvalue weighted by atomic mass is 9.98. The van der Waals surface area contributed by atoms with Crippen LogP contribution in [-0.4, -0.2) is 17.4 Å². The van der Waals surface area contributed by atoms with E-state index in [9.17, 15) is 4.79 Å². The molecule has 0 fully saturated rings. The zero-order chi connectivity index (χ0) is 22.5. The van der Waals surface area contributed by atoms with Gasteiger partial charge in [-0.05, 0) is 46.4 Å². The summed E-state index contributed by atoms with van der Waals surface area (Å²) in [5.74, 6) is -0.0637. The van der Waals surface area contributed by atoms with Gasteiger partial charge in [0.05, 0.1) is 6.04 Å². The number of carbonyl (C=O) groups excluding carboxylic acids is 1. The number of nitrogens with one attached hydrogen (secondary N) is 1. The molecule has 0 saturated carbocycles. The second-order valence-electron chi connectivity index (χ2n) is 8.65. The van der Waals surface area contributed by atoms with E-state index in [4.69, 9.17) is 0 Å². The van der Waals surface area contributed by atoms with Crippen LogP contribution in [0.5, 0.6) is 0 Å². The highest BCUT2D eigenvalue weighted by Crippen LogP contribution is 2.23. The third-order valence-corrected chi connectivity index (χ3v) is 6.37. The zero-order valence-corrected chi connectivity index (χ0v) is 18.7. The van der Waals surface area contributed by atoms with Gasteiger partial charge < -0.3 is 5.32 Å². The molecule has 3 nitrogen and oxygen atoms in total. The lowest BCUT2D eigenvalue weighted by Crippen LogP contribution is -2.30. The van der Waals surface area contributed by atoms with Crippen molar-refractivity contribution >= 4 is 5.91 Å². The fourth-order valence-electron chi connectivity index (χ4n) is 4.57. The van der Waals surface area contributed by atoms with E-state index < -0.39 is 0 Å². The van der Waals surface area contributed by atoms with Gasteiger partial charge >= 0.3 is 0 Å². The zero-order valence-electron chi connectivity index (χ0n) is 18.7. The maximum Gasteiger partial charge on any atom is 0.252 e. The largest absolute Gasteiger partial charge is 0.341 e. The number of benzene rings is 4. The molecule has 4 aromatic rings. The Morgan fingerprint density at radius 3 is 1.94 bits per heavy atom. The standard InChI is InChI=1S/C30H28N2O/c33-30(31-29(25-10-3-1-4-11-25)26-12-5-2-6-13-26)27-17-15-23(16-18-27)21-32-20-19-24-9-7-8-14-28(24)22-32/h1-18,29H,19-22H2,(H,31,33). The molecule has 0 aromatic heterocycles. The van der Waals surface area contributed by atoms with Crippen LogP contribution in [0.3, 0.4) is 0 Å². The van der Waals surface area contributed by atoms with Crippen LogP contribution in [-0.2, 0) is 19.5 Å². The number of rotatable bonds is 6. The topological polar surface area (TPSA) is 32.3 Å². The predicted molar refractivity (Wildman–Crippen MR) is 133 cm³/mol. The molecule has 0 atom stereocenters. The SMILES string of the molecule is O=C(NC(c1ccccc1)c1ccccc1)c1ccc(CN2CCc3ccccc3C2)cc1. The second kappa shape index (κ2) is 9.85. The number of hydrogen-bond donors (Lipinski definition) is 1. The molecule has 0 aliphatic carbocycles. The monoisotopic (exact) mass is 432 g/mol. The molecule has 4 aromatic carbocycles. The lowest BCUT2D eigenvalue weighted by molar-refractivity contribution is 0.0943. The van der Waals surface area contributed by atoms with Gasteiger partial charge in [0.1, 0.15) is 0 Å². The van der Waals surface area contributed by atoms with Crippen molar-refractivity contribution in [3.8, 4) is 0 Å². The molecule has 1 aliphatic rings. The van der Waals surface area contributed by atoms with E-state index in [0.717, 1.165) is 37.2 Å². The van der Waals surface area contributed by atoms with Crippen molar-refractivity contribution in [1.82, 2.24) is 10.2 Å². The number of hydrogen-bond acceptors (Lipinski definition) is 2. The van der Waals surface area contributed by atoms with E-state index in [1.54, 1.807) is 0 Å². The van der Waals surface area contributed by atoms with Crippen molar-refractivity contribution in [1.29, 1.82) is 0 Å². The molecule has 0 spiro atoms. The van der Waals surface area contributed by atoms with E-state index in [1.165, 1.54) is 16.7 Å². The molecular weight excluding hydrogens is 404 g/mol. The van der Waals surface area contributed by atoms with Crippen molar-refractivity contribution in [2.75, 3.05) is 6.54 Å². The summed E-state index contributed by atoms with van der Waals surface area (Å²) >= 11 is 0. The quantitative estimate of drug-likeness (QED) is 0.420. The first-order valence-electron chi connectivity index (χ1n) is 11.5. The molecule has 3 heteroatoms. The first-order valence-corrected chi connectivity index (χ1v) is 11.5. The van der Waals surface area contributed by atoms with Crippen molar-refractivity contribution < 1.29 is 4.79 Å². The summed E-state index contributed by atoms with van der Waals surface area (Å²) in [4.78, 5) is 15.6. The molecule has 1 heterocycles. The molecule has 0 saturated heterocycles. The van der Waals surface area contributed by atoms with Crippen molar-refractivity contribution in [2.24, 2.45) is 0 Å². The highest BCUT2D eigenvalue weighted by Gasteiger charge is 2.18. The first kappa shape index (κ1) is 21.2. The maximum atomic E-state index is 13.1. The van der Waals surface area contributed by atoms with Crippen LogP contribution in [0.1, 0.15) is 44.2 Å². The molecule has 1 aliphatic heterocycles. The fourth-order valence-corrected chi connectivity index (χ4v) is 4.57. The van der Waals surface area contributed by atoms with Gasteiger partial charge in [0.25, 0.3) is 5.91 Å². The number of nitrogens with zero attached hydrogens (tertiary/aromatic N) is 1. The Hall–Kier alpha value is -3.69. The Balaban J connectivity index is 1.27. The van der Waals surface area contributed by atoms with Crippen molar-refractivity contribution in [3.05, 3.63) is 143 Å². The van der Waals surface area contributed by atoms with Gasteiger partial charge in [-0.1, -0.05) is 97.1 Å². The molecule has 0 bridgehead atoms. The second-order valence-corrected chi connectivity index (χ2v) is 8.65. The van der Waals surface area contributed by atoms with Gasteiger partial charge in [0.15, 0.2) is 0 Å². The highest BCUT2D eigenvalue weighted by molar-refractivity contribution is 5.94. The number of carbonyl (C=O) groups is 1. The van der Waals surface area contributed by atoms with Gasteiger partial charge in [-0.3, -0.25) is 9.69 Å². The van der Waals surface area contributed by atoms with E-state index in [-0.39, 0.29) is 11.9 Å². The lowest BCUT2D eigenvalue weighted by Gasteiger charge is -2.28. The minimum atomic E-state index is -0.187. The normalized spacial score (nSPS) is 13.5. The number of amides is 1. The minimum Gasteiger partial charge on any atom is -0.341 e. The van der Waals surface area contributed by atoms with Crippen LogP contribution in [0.15, 0.2) is 109 Å². The van der Waals surface area contributed by atoms with Crippen LogP contribution in [0.2, 0.25) is 0 Å². The summed E-state index contributed by atoms with van der Waals surface area (Å²) in [5, 5.41) is 3.23. The highest BCUT2D eigenvalue weighted by atomic mass is 16.1. The molecule has 1 amide bonds. The summed E-state index contributed by atoms with van der Waals surface area (Å²) in [6, 6.07) is 36.8. The van der Waals surface area contributed by atoms with Crippen LogP contribution in [0.4, 0.5) is 0 Å². The van der Waals surface area contributed by atoms with Gasteiger partial charge in [-0.25, -0.2) is 0 Å². The Kier molecular flexibility index (Phi) is 6.32. The summed E-state index contributed by atoms with van der Waals surface area (Å²) in [5.41, 5.74) is 6.94.